The van der Waals surface area contributed by atoms with E-state index in [4.69, 9.17) is 0 Å². The van der Waals surface area contributed by atoms with Crippen LogP contribution in [0.15, 0.2) is 24.3 Å². The van der Waals surface area contributed by atoms with Gasteiger partial charge in [0.2, 0.25) is 11.8 Å². The fourth-order valence-corrected chi connectivity index (χ4v) is 4.11. The Morgan fingerprint density at radius 1 is 1.12 bits per heavy atom. The van der Waals surface area contributed by atoms with E-state index >= 15 is 0 Å². The second-order valence-corrected chi connectivity index (χ2v) is 7.60. The van der Waals surface area contributed by atoms with E-state index in [0.29, 0.717) is 13.0 Å². The molecule has 1 saturated carbocycles. The van der Waals surface area contributed by atoms with Gasteiger partial charge in [0.05, 0.1) is 5.25 Å². The normalized spacial score (nSPS) is 21.1. The number of rotatable bonds is 6. The largest absolute Gasteiger partial charge is 0.356 e. The van der Waals surface area contributed by atoms with Crippen LogP contribution < -0.4 is 10.6 Å². The second-order valence-electron chi connectivity index (χ2n) is 6.43. The van der Waals surface area contributed by atoms with Gasteiger partial charge in [-0.3, -0.25) is 19.7 Å². The molecule has 1 aromatic carbocycles. The minimum atomic E-state index is -0.325. The Kier molecular flexibility index (Phi) is 5.56. The first-order chi connectivity index (χ1) is 11.6. The van der Waals surface area contributed by atoms with E-state index in [-0.39, 0.29) is 28.2 Å². The number of nitrogens with one attached hydrogen (secondary N) is 2. The van der Waals surface area contributed by atoms with Crippen molar-refractivity contribution in [2.75, 3.05) is 6.54 Å². The van der Waals surface area contributed by atoms with Crippen LogP contribution >= 0.6 is 11.8 Å². The van der Waals surface area contributed by atoms with Gasteiger partial charge in [-0.05, 0) is 36.8 Å². The lowest BCUT2D eigenvalue weighted by atomic mass is 10.0. The van der Waals surface area contributed by atoms with Gasteiger partial charge in [-0.1, -0.05) is 48.9 Å². The highest BCUT2D eigenvalue weighted by atomic mass is 32.2. The Hall–Kier alpha value is -1.82. The zero-order chi connectivity index (χ0) is 16.9. The van der Waals surface area contributed by atoms with Gasteiger partial charge in [0.1, 0.15) is 0 Å². The fourth-order valence-electron chi connectivity index (χ4n) is 3.25. The molecule has 1 heterocycles. The zero-order valence-electron chi connectivity index (χ0n) is 13.5. The Labute approximate surface area is 146 Å². The third-order valence-electron chi connectivity index (χ3n) is 4.65. The molecule has 0 spiro atoms. The van der Waals surface area contributed by atoms with Crippen LogP contribution in [0.5, 0.6) is 0 Å². The maximum Gasteiger partial charge on any atom is 0.286 e. The van der Waals surface area contributed by atoms with Crippen molar-refractivity contribution in [3.63, 3.8) is 0 Å². The molecule has 0 bridgehead atoms. The molecule has 1 aliphatic carbocycles. The van der Waals surface area contributed by atoms with Crippen molar-refractivity contribution in [3.05, 3.63) is 35.4 Å². The van der Waals surface area contributed by atoms with Crippen molar-refractivity contribution in [3.8, 4) is 0 Å². The number of carbonyl (C=O) groups excluding carboxylic acids is 3. The monoisotopic (exact) mass is 346 g/mol. The van der Waals surface area contributed by atoms with Crippen molar-refractivity contribution in [2.24, 2.45) is 5.92 Å². The highest BCUT2D eigenvalue weighted by molar-refractivity contribution is 8.15. The summed E-state index contributed by atoms with van der Waals surface area (Å²) in [5, 5.41) is 4.74. The van der Waals surface area contributed by atoms with Gasteiger partial charge < -0.3 is 5.32 Å². The van der Waals surface area contributed by atoms with Crippen molar-refractivity contribution in [2.45, 2.75) is 43.8 Å². The molecule has 5 nitrogen and oxygen atoms in total. The summed E-state index contributed by atoms with van der Waals surface area (Å²) in [5.41, 5.74) is 2.20. The molecule has 0 unspecified atom stereocenters. The van der Waals surface area contributed by atoms with Gasteiger partial charge in [0.25, 0.3) is 5.24 Å². The highest BCUT2D eigenvalue weighted by Crippen LogP contribution is 2.25. The molecular weight excluding hydrogens is 324 g/mol. The van der Waals surface area contributed by atoms with Gasteiger partial charge in [-0.15, -0.1) is 0 Å². The number of amides is 3. The lowest BCUT2D eigenvalue weighted by Crippen LogP contribution is -2.30. The van der Waals surface area contributed by atoms with Gasteiger partial charge in [-0.2, -0.15) is 0 Å². The van der Waals surface area contributed by atoms with Crippen LogP contribution in [0.25, 0.3) is 0 Å². The summed E-state index contributed by atoms with van der Waals surface area (Å²) >= 11 is 1.05. The molecular formula is C18H22N2O3S. The minimum absolute atomic E-state index is 0.193. The fraction of sp³-hybridized carbons (Fsp3) is 0.500. The molecule has 128 valence electrons. The maximum atomic E-state index is 12.0. The number of benzene rings is 1. The summed E-state index contributed by atoms with van der Waals surface area (Å²) in [5.74, 6) is 0.201. The lowest BCUT2D eigenvalue weighted by Gasteiger charge is -2.11. The number of hydrogen-bond donors (Lipinski definition) is 2. The van der Waals surface area contributed by atoms with Crippen molar-refractivity contribution >= 4 is 28.8 Å². The molecule has 6 heteroatoms. The first-order valence-corrected chi connectivity index (χ1v) is 9.37. The topological polar surface area (TPSA) is 75.3 Å². The number of hydrogen-bond acceptors (Lipinski definition) is 4. The smallest absolute Gasteiger partial charge is 0.286 e. The van der Waals surface area contributed by atoms with Gasteiger partial charge in [0, 0.05) is 12.5 Å². The van der Waals surface area contributed by atoms with E-state index in [9.17, 15) is 14.4 Å². The van der Waals surface area contributed by atoms with E-state index in [1.54, 1.807) is 0 Å². The lowest BCUT2D eigenvalue weighted by molar-refractivity contribution is -0.124. The molecule has 24 heavy (non-hydrogen) atoms. The average Bonchev–Trinajstić information content (AvgIpc) is 3.19. The van der Waals surface area contributed by atoms with Crippen molar-refractivity contribution in [1.82, 2.24) is 10.6 Å². The second kappa shape index (κ2) is 7.83. The summed E-state index contributed by atoms with van der Waals surface area (Å²) in [6.07, 6.45) is 5.74. The molecule has 1 aliphatic heterocycles. The minimum Gasteiger partial charge on any atom is -0.356 e. The molecule has 2 fully saturated rings. The van der Waals surface area contributed by atoms with Crippen LogP contribution in [0.3, 0.4) is 0 Å². The summed E-state index contributed by atoms with van der Waals surface area (Å²) in [6, 6.07) is 8.03. The molecule has 3 rings (SSSR count). The predicted octanol–water partition coefficient (Wildman–Crippen LogP) is 2.43. The summed E-state index contributed by atoms with van der Waals surface area (Å²) in [4.78, 5) is 34.7. The van der Waals surface area contributed by atoms with Gasteiger partial charge >= 0.3 is 0 Å². The van der Waals surface area contributed by atoms with E-state index < -0.39 is 0 Å². The van der Waals surface area contributed by atoms with E-state index in [1.165, 1.54) is 12.8 Å². The van der Waals surface area contributed by atoms with E-state index in [0.717, 1.165) is 42.2 Å². The molecule has 1 saturated heterocycles. The Balaban J connectivity index is 1.43. The summed E-state index contributed by atoms with van der Waals surface area (Å²) in [6.45, 7) is 0.657. The number of imide groups is 1. The molecule has 2 aliphatic rings. The summed E-state index contributed by atoms with van der Waals surface area (Å²) < 4.78 is 0. The third-order valence-corrected chi connectivity index (χ3v) is 5.63. The molecule has 1 aromatic rings. The van der Waals surface area contributed by atoms with Gasteiger partial charge in [0.15, 0.2) is 0 Å². The first kappa shape index (κ1) is 17.0. The molecule has 2 N–H and O–H groups in total. The molecule has 0 aromatic heterocycles. The highest BCUT2D eigenvalue weighted by Gasteiger charge is 2.31. The van der Waals surface area contributed by atoms with Crippen LogP contribution in [0.4, 0.5) is 4.79 Å². The SMILES string of the molecule is O=C1NC(=O)[C@@H](Cc2ccc(CCNC(=O)C3CCCC3)cc2)S1. The number of carbonyl (C=O) groups is 3. The van der Waals surface area contributed by atoms with Gasteiger partial charge in [-0.25, -0.2) is 0 Å². The molecule has 1 atom stereocenters. The van der Waals surface area contributed by atoms with E-state index in [2.05, 4.69) is 10.6 Å². The van der Waals surface area contributed by atoms with Crippen LogP contribution in [0.1, 0.15) is 36.8 Å². The number of thioether (sulfide) groups is 1. The van der Waals surface area contributed by atoms with Crippen molar-refractivity contribution < 1.29 is 14.4 Å². The summed E-state index contributed by atoms with van der Waals surface area (Å²) in [7, 11) is 0. The van der Waals surface area contributed by atoms with E-state index in [1.807, 2.05) is 24.3 Å². The quantitative estimate of drug-likeness (QED) is 0.829. The Morgan fingerprint density at radius 2 is 1.79 bits per heavy atom. The Morgan fingerprint density at radius 3 is 2.42 bits per heavy atom. The van der Waals surface area contributed by atoms with Crippen LogP contribution in [-0.4, -0.2) is 28.8 Å². The third kappa shape index (κ3) is 4.38. The standard InChI is InChI=1S/C18H22N2O3S/c21-16(14-3-1-2-4-14)19-10-9-12-5-7-13(8-6-12)11-15-17(22)20-18(23)24-15/h5-8,14-15H,1-4,9-11H2,(H,19,21)(H,20,22,23)/t15-/m1/s1. The predicted molar refractivity (Wildman–Crippen MR) is 93.7 cm³/mol. The zero-order valence-corrected chi connectivity index (χ0v) is 14.4. The average molecular weight is 346 g/mol. The Bertz CT molecular complexity index is 624. The molecule has 0 radical (unpaired) electrons. The van der Waals surface area contributed by atoms with Crippen LogP contribution in [-0.2, 0) is 22.4 Å². The van der Waals surface area contributed by atoms with Crippen molar-refractivity contribution in [1.29, 1.82) is 0 Å². The van der Waals surface area contributed by atoms with Crippen LogP contribution in [0.2, 0.25) is 0 Å². The maximum absolute atomic E-state index is 12.0. The first-order valence-electron chi connectivity index (χ1n) is 8.49. The van der Waals surface area contributed by atoms with Crippen LogP contribution in [0, 0.1) is 5.92 Å². The molecule has 3 amide bonds.